The summed E-state index contributed by atoms with van der Waals surface area (Å²) in [7, 11) is 1.54. The SMILES string of the molecule is CCCCOCCNCc1cc(Br)c(O)c(OC)c1. The van der Waals surface area contributed by atoms with Crippen molar-refractivity contribution in [1.29, 1.82) is 0 Å². The largest absolute Gasteiger partial charge is 0.503 e. The second-order valence-electron chi connectivity index (χ2n) is 4.27. The number of hydrogen-bond donors (Lipinski definition) is 2. The fourth-order valence-electron chi connectivity index (χ4n) is 1.61. The summed E-state index contributed by atoms with van der Waals surface area (Å²) >= 11 is 3.31. The lowest BCUT2D eigenvalue weighted by Gasteiger charge is -2.10. The van der Waals surface area contributed by atoms with E-state index in [1.807, 2.05) is 12.1 Å². The van der Waals surface area contributed by atoms with Gasteiger partial charge in [0.15, 0.2) is 11.5 Å². The molecule has 0 aromatic heterocycles. The third-order valence-corrected chi connectivity index (χ3v) is 3.31. The molecular weight excluding hydrogens is 310 g/mol. The quantitative estimate of drug-likeness (QED) is 0.683. The first-order chi connectivity index (χ1) is 9.19. The standard InChI is InChI=1S/C14H22BrNO3/c1-3-4-6-19-7-5-16-10-11-8-12(15)14(17)13(9-11)18-2/h8-9,16-17H,3-7,10H2,1-2H3. The Hall–Kier alpha value is -0.780. The van der Waals surface area contributed by atoms with Crippen LogP contribution >= 0.6 is 15.9 Å². The van der Waals surface area contributed by atoms with Crippen molar-refractivity contribution < 1.29 is 14.6 Å². The minimum atomic E-state index is 0.133. The molecule has 0 saturated carbocycles. The molecule has 0 saturated heterocycles. The number of benzene rings is 1. The molecule has 1 rings (SSSR count). The van der Waals surface area contributed by atoms with Crippen molar-refractivity contribution in [2.45, 2.75) is 26.3 Å². The molecular formula is C14H22BrNO3. The van der Waals surface area contributed by atoms with E-state index in [2.05, 4.69) is 28.2 Å². The van der Waals surface area contributed by atoms with Crippen molar-refractivity contribution in [1.82, 2.24) is 5.32 Å². The maximum atomic E-state index is 9.70. The monoisotopic (exact) mass is 331 g/mol. The van der Waals surface area contributed by atoms with E-state index in [0.717, 1.165) is 38.2 Å². The van der Waals surface area contributed by atoms with E-state index in [1.54, 1.807) is 7.11 Å². The van der Waals surface area contributed by atoms with Crippen LogP contribution in [0.15, 0.2) is 16.6 Å². The second kappa shape index (κ2) is 9.18. The zero-order chi connectivity index (χ0) is 14.1. The Morgan fingerprint density at radius 3 is 2.79 bits per heavy atom. The van der Waals surface area contributed by atoms with E-state index in [0.29, 0.717) is 16.8 Å². The van der Waals surface area contributed by atoms with Crippen molar-refractivity contribution in [3.05, 3.63) is 22.2 Å². The lowest BCUT2D eigenvalue weighted by atomic mass is 10.2. The van der Waals surface area contributed by atoms with Crippen LogP contribution in [-0.4, -0.2) is 32.0 Å². The van der Waals surface area contributed by atoms with Crippen LogP contribution in [0, 0.1) is 0 Å². The van der Waals surface area contributed by atoms with Gasteiger partial charge in [0.25, 0.3) is 0 Å². The third-order valence-electron chi connectivity index (χ3n) is 2.70. The van der Waals surface area contributed by atoms with Crippen molar-refractivity contribution >= 4 is 15.9 Å². The van der Waals surface area contributed by atoms with E-state index in [1.165, 1.54) is 0 Å². The lowest BCUT2D eigenvalue weighted by molar-refractivity contribution is 0.133. The summed E-state index contributed by atoms with van der Waals surface area (Å²) in [5.41, 5.74) is 1.05. The van der Waals surface area contributed by atoms with Gasteiger partial charge in [0, 0.05) is 19.7 Å². The lowest BCUT2D eigenvalue weighted by Crippen LogP contribution is -2.19. The smallest absolute Gasteiger partial charge is 0.172 e. The molecule has 2 N–H and O–H groups in total. The Balaban J connectivity index is 2.31. The molecule has 0 aliphatic heterocycles. The minimum absolute atomic E-state index is 0.133. The highest BCUT2D eigenvalue weighted by Crippen LogP contribution is 2.35. The van der Waals surface area contributed by atoms with Gasteiger partial charge in [-0.15, -0.1) is 0 Å². The van der Waals surface area contributed by atoms with Gasteiger partial charge in [0.1, 0.15) is 0 Å². The fraction of sp³-hybridized carbons (Fsp3) is 0.571. The van der Waals surface area contributed by atoms with Crippen molar-refractivity contribution in [2.75, 3.05) is 26.9 Å². The molecule has 0 bridgehead atoms. The molecule has 0 aliphatic rings. The van der Waals surface area contributed by atoms with Gasteiger partial charge in [-0.25, -0.2) is 0 Å². The topological polar surface area (TPSA) is 50.7 Å². The second-order valence-corrected chi connectivity index (χ2v) is 5.13. The summed E-state index contributed by atoms with van der Waals surface area (Å²) < 4.78 is 11.2. The minimum Gasteiger partial charge on any atom is -0.503 e. The number of rotatable bonds is 9. The molecule has 0 radical (unpaired) electrons. The highest BCUT2D eigenvalue weighted by molar-refractivity contribution is 9.10. The maximum Gasteiger partial charge on any atom is 0.172 e. The Kier molecular flexibility index (Phi) is 7.86. The van der Waals surface area contributed by atoms with Crippen LogP contribution < -0.4 is 10.1 Å². The molecule has 0 aliphatic carbocycles. The van der Waals surface area contributed by atoms with Gasteiger partial charge < -0.3 is 19.9 Å². The summed E-state index contributed by atoms with van der Waals surface area (Å²) in [5.74, 6) is 0.611. The molecule has 4 nitrogen and oxygen atoms in total. The van der Waals surface area contributed by atoms with E-state index in [4.69, 9.17) is 9.47 Å². The molecule has 0 fully saturated rings. The number of phenolic OH excluding ortho intramolecular Hbond substituents is 1. The Morgan fingerprint density at radius 1 is 1.32 bits per heavy atom. The zero-order valence-corrected chi connectivity index (χ0v) is 13.1. The normalized spacial score (nSPS) is 10.7. The van der Waals surface area contributed by atoms with Gasteiger partial charge in [0.2, 0.25) is 0 Å². The van der Waals surface area contributed by atoms with Gasteiger partial charge in [-0.3, -0.25) is 0 Å². The van der Waals surface area contributed by atoms with E-state index < -0.39 is 0 Å². The van der Waals surface area contributed by atoms with E-state index in [-0.39, 0.29) is 5.75 Å². The summed E-state index contributed by atoms with van der Waals surface area (Å²) in [6.45, 7) is 5.22. The van der Waals surface area contributed by atoms with Crippen LogP contribution in [0.5, 0.6) is 11.5 Å². The van der Waals surface area contributed by atoms with Crippen LogP contribution in [0.2, 0.25) is 0 Å². The first-order valence-corrected chi connectivity index (χ1v) is 7.32. The summed E-state index contributed by atoms with van der Waals surface area (Å²) in [5, 5.41) is 13.0. The highest BCUT2D eigenvalue weighted by Gasteiger charge is 2.08. The average Bonchev–Trinajstić information content (AvgIpc) is 2.41. The van der Waals surface area contributed by atoms with Crippen LogP contribution in [0.25, 0.3) is 0 Å². The fourth-order valence-corrected chi connectivity index (χ4v) is 2.10. The zero-order valence-electron chi connectivity index (χ0n) is 11.5. The molecule has 0 heterocycles. The van der Waals surface area contributed by atoms with Crippen molar-refractivity contribution in [3.63, 3.8) is 0 Å². The first-order valence-electron chi connectivity index (χ1n) is 6.52. The first kappa shape index (κ1) is 16.3. The highest BCUT2D eigenvalue weighted by atomic mass is 79.9. The number of unbranched alkanes of at least 4 members (excludes halogenated alkanes) is 1. The van der Waals surface area contributed by atoms with Crippen LogP contribution in [0.3, 0.4) is 0 Å². The molecule has 1 aromatic rings. The molecule has 0 atom stereocenters. The molecule has 5 heteroatoms. The Bertz CT molecular complexity index is 385. The Labute approximate surface area is 123 Å². The van der Waals surface area contributed by atoms with Crippen molar-refractivity contribution in [3.8, 4) is 11.5 Å². The molecule has 0 spiro atoms. The molecule has 1 aromatic carbocycles. The number of methoxy groups -OCH3 is 1. The van der Waals surface area contributed by atoms with Crippen LogP contribution in [0.4, 0.5) is 0 Å². The predicted octanol–water partition coefficient (Wildman–Crippen LogP) is 3.07. The molecule has 0 amide bonds. The molecule has 19 heavy (non-hydrogen) atoms. The van der Waals surface area contributed by atoms with Gasteiger partial charge in [-0.05, 0) is 40.0 Å². The van der Waals surface area contributed by atoms with Crippen molar-refractivity contribution in [2.24, 2.45) is 0 Å². The number of hydrogen-bond acceptors (Lipinski definition) is 4. The van der Waals surface area contributed by atoms with E-state index in [9.17, 15) is 5.11 Å². The average molecular weight is 332 g/mol. The number of halogens is 1. The number of nitrogens with one attached hydrogen (secondary N) is 1. The molecule has 108 valence electrons. The summed E-state index contributed by atoms with van der Waals surface area (Å²) in [6.07, 6.45) is 2.27. The van der Waals surface area contributed by atoms with Crippen LogP contribution in [-0.2, 0) is 11.3 Å². The molecule has 0 unspecified atom stereocenters. The third kappa shape index (κ3) is 5.80. The van der Waals surface area contributed by atoms with Crippen LogP contribution in [0.1, 0.15) is 25.3 Å². The van der Waals surface area contributed by atoms with Gasteiger partial charge in [-0.2, -0.15) is 0 Å². The number of ether oxygens (including phenoxy) is 2. The van der Waals surface area contributed by atoms with Gasteiger partial charge in [0.05, 0.1) is 18.2 Å². The number of phenols is 1. The summed E-state index contributed by atoms with van der Waals surface area (Å²) in [4.78, 5) is 0. The number of aromatic hydroxyl groups is 1. The predicted molar refractivity (Wildman–Crippen MR) is 79.8 cm³/mol. The summed E-state index contributed by atoms with van der Waals surface area (Å²) in [6, 6.07) is 3.70. The maximum absolute atomic E-state index is 9.70. The Morgan fingerprint density at radius 2 is 2.11 bits per heavy atom. The van der Waals surface area contributed by atoms with E-state index >= 15 is 0 Å². The van der Waals surface area contributed by atoms with Gasteiger partial charge >= 0.3 is 0 Å². The van der Waals surface area contributed by atoms with Gasteiger partial charge in [-0.1, -0.05) is 13.3 Å².